The van der Waals surface area contributed by atoms with Crippen LogP contribution in [0.3, 0.4) is 0 Å². The third kappa shape index (κ3) is 3.12. The largest absolute Gasteiger partial charge is 0.483 e. The maximum atomic E-state index is 11.2. The summed E-state index contributed by atoms with van der Waals surface area (Å²) >= 11 is 0. The number of carbonyl (C=O) groups is 1. The van der Waals surface area contributed by atoms with E-state index in [0.29, 0.717) is 17.1 Å². The van der Waals surface area contributed by atoms with Crippen LogP contribution in [0.25, 0.3) is 0 Å². The number of nitrogens with two attached hydrogens (primary N) is 2. The Morgan fingerprint density at radius 3 is 2.70 bits per heavy atom. The number of hydrogen-bond donors (Lipinski definition) is 2. The second-order valence-corrected chi connectivity index (χ2v) is 4.88. The average Bonchev–Trinajstić information content (AvgIpc) is 2.85. The van der Waals surface area contributed by atoms with Gasteiger partial charge in [-0.05, 0) is 26.0 Å². The molecular weight excluding hydrogens is 260 g/mol. The first-order valence-electron chi connectivity index (χ1n) is 6.01. The molecule has 1 heterocycles. The van der Waals surface area contributed by atoms with Crippen LogP contribution in [0, 0.1) is 0 Å². The molecule has 0 atom stereocenters. The molecule has 0 unspecified atom stereocenters. The van der Waals surface area contributed by atoms with E-state index in [1.54, 1.807) is 38.1 Å². The highest BCUT2D eigenvalue weighted by Crippen LogP contribution is 2.19. The van der Waals surface area contributed by atoms with Crippen LogP contribution in [0.15, 0.2) is 28.8 Å². The third-order valence-corrected chi connectivity index (χ3v) is 2.55. The lowest BCUT2D eigenvalue weighted by molar-refractivity contribution is 0.0995. The molecule has 1 aromatic heterocycles. The van der Waals surface area contributed by atoms with Crippen LogP contribution in [0.2, 0.25) is 0 Å². The minimum Gasteiger partial charge on any atom is -0.483 e. The van der Waals surface area contributed by atoms with Crippen molar-refractivity contribution < 1.29 is 14.1 Å². The van der Waals surface area contributed by atoms with Crippen LogP contribution in [0.4, 0.5) is 0 Å². The molecule has 0 aliphatic carbocycles. The summed E-state index contributed by atoms with van der Waals surface area (Å²) in [5.74, 6) is 0.471. The number of primary amides is 1. The fourth-order valence-corrected chi connectivity index (χ4v) is 1.51. The van der Waals surface area contributed by atoms with Crippen LogP contribution in [-0.2, 0) is 12.1 Å². The summed E-state index contributed by atoms with van der Waals surface area (Å²) in [5.41, 5.74) is 10.7. The van der Waals surface area contributed by atoms with Gasteiger partial charge in [-0.25, -0.2) is 0 Å². The molecule has 0 aliphatic heterocycles. The van der Waals surface area contributed by atoms with Gasteiger partial charge in [0.15, 0.2) is 12.4 Å². The number of rotatable bonds is 5. The first-order chi connectivity index (χ1) is 9.38. The Labute approximate surface area is 115 Å². The molecular formula is C13H16N4O3. The van der Waals surface area contributed by atoms with Crippen molar-refractivity contribution in [1.29, 1.82) is 0 Å². The molecule has 0 radical (unpaired) electrons. The van der Waals surface area contributed by atoms with E-state index in [1.807, 2.05) is 0 Å². The third-order valence-electron chi connectivity index (χ3n) is 2.55. The van der Waals surface area contributed by atoms with E-state index in [0.717, 1.165) is 0 Å². The predicted octanol–water partition coefficient (Wildman–Crippen LogP) is 0.941. The lowest BCUT2D eigenvalue weighted by Gasteiger charge is -2.11. The number of hydrogen-bond acceptors (Lipinski definition) is 6. The number of nitrogens with zero attached hydrogens (tertiary/aromatic N) is 2. The molecule has 20 heavy (non-hydrogen) atoms. The number of carbonyl (C=O) groups excluding carboxylic acids is 1. The maximum Gasteiger partial charge on any atom is 0.264 e. The van der Waals surface area contributed by atoms with E-state index in [9.17, 15) is 4.79 Å². The van der Waals surface area contributed by atoms with Crippen LogP contribution < -0.4 is 16.2 Å². The Balaban J connectivity index is 2.10. The zero-order chi connectivity index (χ0) is 14.8. The number of benzene rings is 1. The summed E-state index contributed by atoms with van der Waals surface area (Å²) < 4.78 is 10.5. The Morgan fingerprint density at radius 1 is 1.40 bits per heavy atom. The second kappa shape index (κ2) is 5.30. The molecule has 0 saturated heterocycles. The normalized spacial score (nSPS) is 11.3. The first kappa shape index (κ1) is 14.0. The number of amides is 1. The molecule has 1 amide bonds. The Bertz CT molecular complexity index is 616. The maximum absolute atomic E-state index is 11.2. The summed E-state index contributed by atoms with van der Waals surface area (Å²) in [7, 11) is 0. The van der Waals surface area contributed by atoms with Crippen molar-refractivity contribution in [3.8, 4) is 5.75 Å². The molecule has 0 aliphatic rings. The van der Waals surface area contributed by atoms with Crippen LogP contribution in [-0.4, -0.2) is 16.0 Å². The SMILES string of the molecule is CC(C)(N)c1noc(COc2ccccc2C(N)=O)n1. The fraction of sp³-hybridized carbons (Fsp3) is 0.308. The van der Waals surface area contributed by atoms with Crippen LogP contribution in [0.5, 0.6) is 5.75 Å². The highest BCUT2D eigenvalue weighted by molar-refractivity contribution is 5.95. The van der Waals surface area contributed by atoms with Gasteiger partial charge in [0.1, 0.15) is 5.75 Å². The van der Waals surface area contributed by atoms with E-state index in [1.165, 1.54) is 0 Å². The minimum atomic E-state index is -0.688. The first-order valence-corrected chi connectivity index (χ1v) is 6.01. The molecule has 2 rings (SSSR count). The van der Waals surface area contributed by atoms with Crippen molar-refractivity contribution in [3.05, 3.63) is 41.5 Å². The van der Waals surface area contributed by atoms with Gasteiger partial charge >= 0.3 is 0 Å². The lowest BCUT2D eigenvalue weighted by Crippen LogP contribution is -2.30. The van der Waals surface area contributed by atoms with Gasteiger partial charge in [0.2, 0.25) is 0 Å². The zero-order valence-corrected chi connectivity index (χ0v) is 11.3. The van der Waals surface area contributed by atoms with Gasteiger partial charge in [-0.15, -0.1) is 0 Å². The molecule has 7 heteroatoms. The van der Waals surface area contributed by atoms with Crippen LogP contribution >= 0.6 is 0 Å². The fourth-order valence-electron chi connectivity index (χ4n) is 1.51. The van der Waals surface area contributed by atoms with Gasteiger partial charge in [0, 0.05) is 0 Å². The molecule has 0 fully saturated rings. The summed E-state index contributed by atoms with van der Waals surface area (Å²) in [6.07, 6.45) is 0. The Kier molecular flexibility index (Phi) is 3.71. The molecule has 4 N–H and O–H groups in total. The summed E-state index contributed by atoms with van der Waals surface area (Å²) in [6.45, 7) is 3.57. The summed E-state index contributed by atoms with van der Waals surface area (Å²) in [4.78, 5) is 15.4. The minimum absolute atomic E-state index is 0.0351. The zero-order valence-electron chi connectivity index (χ0n) is 11.3. The monoisotopic (exact) mass is 276 g/mol. The van der Waals surface area contributed by atoms with E-state index in [4.69, 9.17) is 20.7 Å². The summed E-state index contributed by atoms with van der Waals surface area (Å²) in [6, 6.07) is 6.67. The molecule has 2 aromatic rings. The molecule has 0 bridgehead atoms. The topological polar surface area (TPSA) is 117 Å². The second-order valence-electron chi connectivity index (χ2n) is 4.88. The molecule has 1 aromatic carbocycles. The van der Waals surface area contributed by atoms with Crippen molar-refractivity contribution >= 4 is 5.91 Å². The van der Waals surface area contributed by atoms with E-state index in [2.05, 4.69) is 10.1 Å². The van der Waals surface area contributed by atoms with Crippen LogP contribution in [0.1, 0.15) is 35.9 Å². The predicted molar refractivity (Wildman–Crippen MR) is 70.8 cm³/mol. The van der Waals surface area contributed by atoms with Gasteiger partial charge in [-0.1, -0.05) is 17.3 Å². The van der Waals surface area contributed by atoms with Gasteiger partial charge in [0.25, 0.3) is 11.8 Å². The van der Waals surface area contributed by atoms with E-state index >= 15 is 0 Å². The van der Waals surface area contributed by atoms with E-state index < -0.39 is 11.4 Å². The quantitative estimate of drug-likeness (QED) is 0.839. The summed E-state index contributed by atoms with van der Waals surface area (Å²) in [5, 5.41) is 3.77. The van der Waals surface area contributed by atoms with Crippen molar-refractivity contribution in [2.75, 3.05) is 0 Å². The number of para-hydroxylation sites is 1. The highest BCUT2D eigenvalue weighted by Gasteiger charge is 2.21. The molecule has 106 valence electrons. The molecule has 7 nitrogen and oxygen atoms in total. The van der Waals surface area contributed by atoms with Crippen molar-refractivity contribution in [2.24, 2.45) is 11.5 Å². The smallest absolute Gasteiger partial charge is 0.264 e. The van der Waals surface area contributed by atoms with Crippen molar-refractivity contribution in [1.82, 2.24) is 10.1 Å². The van der Waals surface area contributed by atoms with Crippen molar-refractivity contribution in [2.45, 2.75) is 26.0 Å². The highest BCUT2D eigenvalue weighted by atomic mass is 16.5. The van der Waals surface area contributed by atoms with Crippen molar-refractivity contribution in [3.63, 3.8) is 0 Å². The Morgan fingerprint density at radius 2 is 2.10 bits per heavy atom. The molecule has 0 spiro atoms. The number of aromatic nitrogens is 2. The Hall–Kier alpha value is -2.41. The standard InChI is InChI=1S/C13H16N4O3/c1-13(2,15)12-16-10(20-17-12)7-19-9-6-4-3-5-8(9)11(14)18/h3-6H,7,15H2,1-2H3,(H2,14,18). The number of ether oxygens (including phenoxy) is 1. The van der Waals surface area contributed by atoms with Gasteiger partial charge in [0.05, 0.1) is 11.1 Å². The van der Waals surface area contributed by atoms with Gasteiger partial charge in [-0.3, -0.25) is 4.79 Å². The molecule has 0 saturated carbocycles. The van der Waals surface area contributed by atoms with Gasteiger partial charge in [-0.2, -0.15) is 4.98 Å². The average molecular weight is 276 g/mol. The van der Waals surface area contributed by atoms with Gasteiger partial charge < -0.3 is 20.7 Å². The lowest BCUT2D eigenvalue weighted by atomic mass is 10.1. The van der Waals surface area contributed by atoms with E-state index in [-0.39, 0.29) is 12.5 Å².